The molecule has 10 heteroatoms. The van der Waals surface area contributed by atoms with Crippen molar-refractivity contribution in [3.8, 4) is 5.75 Å². The van der Waals surface area contributed by atoms with Gasteiger partial charge in [0.1, 0.15) is 18.3 Å². The van der Waals surface area contributed by atoms with Gasteiger partial charge in [-0.15, -0.1) is 0 Å². The van der Waals surface area contributed by atoms with Gasteiger partial charge in [-0.2, -0.15) is 0 Å². The summed E-state index contributed by atoms with van der Waals surface area (Å²) >= 11 is 6.14. The third kappa shape index (κ3) is 7.86. The molecule has 0 aliphatic carbocycles. The fourth-order valence-electron chi connectivity index (χ4n) is 3.73. The highest BCUT2D eigenvalue weighted by Crippen LogP contribution is 2.27. The van der Waals surface area contributed by atoms with Gasteiger partial charge in [-0.05, 0) is 62.1 Å². The number of sulfonamides is 1. The number of halogens is 1. The summed E-state index contributed by atoms with van der Waals surface area (Å²) in [6.45, 7) is 7.09. The summed E-state index contributed by atoms with van der Waals surface area (Å²) < 4.78 is 31.8. The molecular formula is C26H36ClN3O5S. The molecule has 2 aromatic rings. The molecule has 0 heterocycles. The lowest BCUT2D eigenvalue weighted by molar-refractivity contribution is -0.140. The van der Waals surface area contributed by atoms with Crippen molar-refractivity contribution in [2.24, 2.45) is 0 Å². The quantitative estimate of drug-likeness (QED) is 0.439. The summed E-state index contributed by atoms with van der Waals surface area (Å²) in [5, 5.41) is 3.30. The van der Waals surface area contributed by atoms with E-state index in [0.29, 0.717) is 28.4 Å². The number of methoxy groups -OCH3 is 1. The Hall–Kier alpha value is -2.78. The Balaban J connectivity index is 2.48. The first-order chi connectivity index (χ1) is 16.9. The van der Waals surface area contributed by atoms with Crippen molar-refractivity contribution < 1.29 is 22.7 Å². The summed E-state index contributed by atoms with van der Waals surface area (Å²) in [6.07, 6.45) is 2.14. The minimum absolute atomic E-state index is 0.0638. The van der Waals surface area contributed by atoms with Crippen LogP contribution in [-0.2, 0) is 26.2 Å². The Morgan fingerprint density at radius 2 is 1.72 bits per heavy atom. The molecule has 0 radical (unpaired) electrons. The lowest BCUT2D eigenvalue weighted by Gasteiger charge is -2.33. The molecule has 8 nitrogen and oxygen atoms in total. The number of amides is 2. The summed E-state index contributed by atoms with van der Waals surface area (Å²) in [5.74, 6) is -0.113. The minimum atomic E-state index is -3.83. The number of nitrogens with zero attached hydrogens (tertiary/aromatic N) is 2. The molecule has 1 N–H and O–H groups in total. The molecule has 2 unspecified atom stereocenters. The number of anilines is 1. The molecule has 0 saturated carbocycles. The first-order valence-electron chi connectivity index (χ1n) is 11.9. The number of aryl methyl sites for hydroxylation is 1. The molecule has 36 heavy (non-hydrogen) atoms. The number of carbonyl (C=O) groups excluding carboxylic acids is 2. The van der Waals surface area contributed by atoms with Gasteiger partial charge in [0.05, 0.1) is 19.1 Å². The van der Waals surface area contributed by atoms with Gasteiger partial charge in [0.25, 0.3) is 0 Å². The first kappa shape index (κ1) is 29.5. The van der Waals surface area contributed by atoms with Gasteiger partial charge in [-0.3, -0.25) is 13.9 Å². The largest absolute Gasteiger partial charge is 0.497 e. The van der Waals surface area contributed by atoms with Crippen LogP contribution in [0.1, 0.15) is 44.7 Å². The predicted molar refractivity (Wildman–Crippen MR) is 144 cm³/mol. The fraction of sp³-hybridized carbons (Fsp3) is 0.462. The van der Waals surface area contributed by atoms with E-state index in [9.17, 15) is 18.0 Å². The average molecular weight is 538 g/mol. The summed E-state index contributed by atoms with van der Waals surface area (Å²) in [7, 11) is -2.27. The molecule has 0 aliphatic heterocycles. The topological polar surface area (TPSA) is 96.0 Å². The van der Waals surface area contributed by atoms with Gasteiger partial charge in [-0.1, -0.05) is 43.6 Å². The summed E-state index contributed by atoms with van der Waals surface area (Å²) in [6, 6.07) is 11.2. The van der Waals surface area contributed by atoms with Gasteiger partial charge < -0.3 is 15.0 Å². The van der Waals surface area contributed by atoms with Gasteiger partial charge >= 0.3 is 0 Å². The fourth-order valence-corrected chi connectivity index (χ4v) is 4.80. The third-order valence-corrected chi connectivity index (χ3v) is 7.38. The average Bonchev–Trinajstić information content (AvgIpc) is 2.83. The number of carbonyl (C=O) groups is 2. The normalized spacial score (nSPS) is 13.0. The van der Waals surface area contributed by atoms with E-state index < -0.39 is 28.5 Å². The lowest BCUT2D eigenvalue weighted by atomic mass is 10.1. The molecule has 2 aromatic carbocycles. The summed E-state index contributed by atoms with van der Waals surface area (Å²) in [5.41, 5.74) is 1.75. The monoisotopic (exact) mass is 537 g/mol. The molecule has 0 aromatic heterocycles. The standard InChI is InChI=1S/C26H36ClN3O5S/c1-7-19(4)28-26(32)23(8-2)29(16-20-10-13-22(35-5)14-11-20)25(31)17-30(36(6,33)34)24-15-21(27)12-9-18(24)3/h9-15,19,23H,7-8,16-17H2,1-6H3,(H,28,32). The highest BCUT2D eigenvalue weighted by Gasteiger charge is 2.32. The third-order valence-electron chi connectivity index (χ3n) is 6.02. The zero-order valence-corrected chi connectivity index (χ0v) is 23.3. The van der Waals surface area contributed by atoms with Crippen molar-refractivity contribution in [2.45, 2.75) is 59.2 Å². The maximum Gasteiger partial charge on any atom is 0.244 e. The van der Waals surface area contributed by atoms with E-state index in [2.05, 4.69) is 5.32 Å². The van der Waals surface area contributed by atoms with Gasteiger partial charge in [-0.25, -0.2) is 8.42 Å². The van der Waals surface area contributed by atoms with Crippen LogP contribution >= 0.6 is 11.6 Å². The zero-order chi connectivity index (χ0) is 27.0. The Bertz CT molecular complexity index is 1150. The van der Waals surface area contributed by atoms with Crippen LogP contribution < -0.4 is 14.4 Å². The molecule has 0 spiro atoms. The van der Waals surface area contributed by atoms with E-state index in [4.69, 9.17) is 16.3 Å². The van der Waals surface area contributed by atoms with Crippen molar-refractivity contribution in [1.29, 1.82) is 0 Å². The maximum absolute atomic E-state index is 13.7. The van der Waals surface area contributed by atoms with Crippen LogP contribution in [0.4, 0.5) is 5.69 Å². The first-order valence-corrected chi connectivity index (χ1v) is 14.1. The minimum Gasteiger partial charge on any atom is -0.497 e. The molecule has 0 bridgehead atoms. The second-order valence-corrected chi connectivity index (χ2v) is 11.2. The summed E-state index contributed by atoms with van der Waals surface area (Å²) in [4.78, 5) is 28.3. The van der Waals surface area contributed by atoms with Crippen LogP contribution in [0.5, 0.6) is 5.75 Å². The van der Waals surface area contributed by atoms with Crippen molar-refractivity contribution in [1.82, 2.24) is 10.2 Å². The van der Waals surface area contributed by atoms with Crippen LogP contribution in [-0.4, -0.2) is 57.1 Å². The van der Waals surface area contributed by atoms with Crippen LogP contribution in [0.2, 0.25) is 5.02 Å². The molecule has 2 amide bonds. The van der Waals surface area contributed by atoms with E-state index in [1.807, 2.05) is 32.9 Å². The SMILES string of the molecule is CCC(C)NC(=O)C(CC)N(Cc1ccc(OC)cc1)C(=O)CN(c1cc(Cl)ccc1C)S(C)(=O)=O. The van der Waals surface area contributed by atoms with Crippen molar-refractivity contribution in [2.75, 3.05) is 24.2 Å². The molecular weight excluding hydrogens is 502 g/mol. The van der Waals surface area contributed by atoms with E-state index in [1.165, 1.54) is 11.0 Å². The van der Waals surface area contributed by atoms with Crippen LogP contribution in [0.15, 0.2) is 42.5 Å². The molecule has 2 rings (SSSR count). The molecule has 198 valence electrons. The second kappa shape index (κ2) is 13.0. The number of hydrogen-bond acceptors (Lipinski definition) is 5. The maximum atomic E-state index is 13.7. The highest BCUT2D eigenvalue weighted by molar-refractivity contribution is 7.92. The van der Waals surface area contributed by atoms with Crippen LogP contribution in [0, 0.1) is 6.92 Å². The van der Waals surface area contributed by atoms with Crippen molar-refractivity contribution in [3.05, 3.63) is 58.6 Å². The van der Waals surface area contributed by atoms with Crippen LogP contribution in [0.25, 0.3) is 0 Å². The molecule has 0 aliphatic rings. The van der Waals surface area contributed by atoms with Gasteiger partial charge in [0.2, 0.25) is 21.8 Å². The zero-order valence-electron chi connectivity index (χ0n) is 21.7. The van der Waals surface area contributed by atoms with Gasteiger partial charge in [0, 0.05) is 17.6 Å². The smallest absolute Gasteiger partial charge is 0.244 e. The van der Waals surface area contributed by atoms with E-state index >= 15 is 0 Å². The van der Waals surface area contributed by atoms with E-state index in [-0.39, 0.29) is 18.5 Å². The molecule has 0 fully saturated rings. The Morgan fingerprint density at radius 1 is 1.08 bits per heavy atom. The van der Waals surface area contributed by atoms with Crippen LogP contribution in [0.3, 0.4) is 0 Å². The lowest BCUT2D eigenvalue weighted by Crippen LogP contribution is -2.53. The highest BCUT2D eigenvalue weighted by atomic mass is 35.5. The van der Waals surface area contributed by atoms with Gasteiger partial charge in [0.15, 0.2) is 0 Å². The van der Waals surface area contributed by atoms with Crippen molar-refractivity contribution >= 4 is 39.1 Å². The molecule has 2 atom stereocenters. The predicted octanol–water partition coefficient (Wildman–Crippen LogP) is 4.15. The number of benzene rings is 2. The van der Waals surface area contributed by atoms with Crippen molar-refractivity contribution in [3.63, 3.8) is 0 Å². The number of rotatable bonds is 12. The van der Waals surface area contributed by atoms with E-state index in [1.54, 1.807) is 38.3 Å². The van der Waals surface area contributed by atoms with E-state index in [0.717, 1.165) is 22.5 Å². The number of nitrogens with one attached hydrogen (secondary N) is 1. The number of ether oxygens (including phenoxy) is 1. The second-order valence-electron chi connectivity index (χ2n) is 8.81. The number of hydrogen-bond donors (Lipinski definition) is 1. The Morgan fingerprint density at radius 3 is 2.25 bits per heavy atom. The molecule has 0 saturated heterocycles. The Labute approximate surface area is 219 Å². The Kier molecular flexibility index (Phi) is 10.6.